The van der Waals surface area contributed by atoms with Crippen molar-refractivity contribution < 1.29 is 34.1 Å². The van der Waals surface area contributed by atoms with Gasteiger partial charge < -0.3 is 0 Å². The second-order valence-corrected chi connectivity index (χ2v) is 6.10. The molecule has 1 nitrogen and oxygen atoms in total. The van der Waals surface area contributed by atoms with Crippen LogP contribution in [0.15, 0.2) is 12.1 Å². The molecule has 1 aliphatic heterocycles. The summed E-state index contributed by atoms with van der Waals surface area (Å²) in [4.78, 5) is 0. The van der Waals surface area contributed by atoms with Gasteiger partial charge in [-0.1, -0.05) is 58.6 Å². The summed E-state index contributed by atoms with van der Waals surface area (Å²) in [5, 5.41) is 0. The van der Waals surface area contributed by atoms with E-state index in [1.165, 1.54) is 27.0 Å². The maximum atomic E-state index is 3.32. The van der Waals surface area contributed by atoms with Crippen molar-refractivity contribution in [2.75, 3.05) is 6.54 Å². The standard InChI is InChI=1S/C14H18IN.Na/c1-5-8-16-10(2)14(3,4)12-7-6-11(15)9-13(12)16;/h7,9H,5,8H2,1-4H3;/q;+1. The van der Waals surface area contributed by atoms with E-state index >= 15 is 0 Å². The predicted molar refractivity (Wildman–Crippen MR) is 76.8 cm³/mol. The number of halogens is 1. The van der Waals surface area contributed by atoms with Crippen LogP contribution in [0.4, 0.5) is 5.69 Å². The summed E-state index contributed by atoms with van der Waals surface area (Å²) in [5.74, 6) is 0. The van der Waals surface area contributed by atoms with Gasteiger partial charge in [0.1, 0.15) is 12.2 Å². The molecule has 86 valence electrons. The van der Waals surface area contributed by atoms with Crippen molar-refractivity contribution in [3.8, 4) is 0 Å². The van der Waals surface area contributed by atoms with Gasteiger partial charge in [0.2, 0.25) is 0 Å². The van der Waals surface area contributed by atoms with Crippen LogP contribution in [0, 0.1) is 9.64 Å². The largest absolute Gasteiger partial charge is 1.00 e. The Labute approximate surface area is 140 Å². The molecule has 0 N–H and O–H groups in total. The Morgan fingerprint density at radius 2 is 2.06 bits per heavy atom. The van der Waals surface area contributed by atoms with E-state index in [4.69, 9.17) is 0 Å². The quantitative estimate of drug-likeness (QED) is 0.323. The molecule has 2 rings (SSSR count). The molecule has 3 heteroatoms. The molecule has 1 aliphatic rings. The zero-order valence-electron chi connectivity index (χ0n) is 11.4. The molecule has 0 atom stereocenters. The second kappa shape index (κ2) is 5.72. The molecule has 0 fully saturated rings. The first-order chi connectivity index (χ1) is 7.48. The smallest absolute Gasteiger partial charge is 0.222 e. The Morgan fingerprint density at radius 3 is 2.65 bits per heavy atom. The van der Waals surface area contributed by atoms with Crippen molar-refractivity contribution in [1.82, 2.24) is 0 Å². The van der Waals surface area contributed by atoms with Gasteiger partial charge in [0.15, 0.2) is 5.71 Å². The fourth-order valence-corrected chi connectivity index (χ4v) is 2.85. The van der Waals surface area contributed by atoms with Crippen LogP contribution < -0.4 is 29.6 Å². The van der Waals surface area contributed by atoms with Crippen LogP contribution in [-0.4, -0.2) is 16.8 Å². The Hall–Kier alpha value is 0.620. The molecule has 0 bridgehead atoms. The van der Waals surface area contributed by atoms with Gasteiger partial charge in [-0.3, -0.25) is 0 Å². The van der Waals surface area contributed by atoms with Crippen LogP contribution in [-0.2, 0) is 5.41 Å². The molecule has 0 amide bonds. The summed E-state index contributed by atoms with van der Waals surface area (Å²) in [7, 11) is 0. The third-order valence-electron chi connectivity index (χ3n) is 3.61. The number of benzene rings is 1. The Morgan fingerprint density at radius 1 is 1.41 bits per heavy atom. The van der Waals surface area contributed by atoms with Crippen LogP contribution in [0.5, 0.6) is 0 Å². The van der Waals surface area contributed by atoms with Crippen molar-refractivity contribution in [2.45, 2.75) is 39.5 Å². The number of nitrogens with zero attached hydrogens (tertiary/aromatic N) is 1. The molecule has 0 saturated heterocycles. The Kier molecular flexibility index (Phi) is 5.28. The van der Waals surface area contributed by atoms with Gasteiger partial charge >= 0.3 is 29.6 Å². The summed E-state index contributed by atoms with van der Waals surface area (Å²) in [5.41, 5.74) is 4.41. The number of hydrogen-bond donors (Lipinski definition) is 0. The van der Waals surface area contributed by atoms with Gasteiger partial charge in [0, 0.05) is 18.8 Å². The van der Waals surface area contributed by atoms with E-state index in [1.807, 2.05) is 0 Å². The van der Waals surface area contributed by atoms with E-state index < -0.39 is 0 Å². The van der Waals surface area contributed by atoms with E-state index in [2.05, 4.69) is 73.1 Å². The van der Waals surface area contributed by atoms with E-state index in [0.717, 1.165) is 6.54 Å². The molecule has 1 aromatic carbocycles. The third kappa shape index (κ3) is 2.65. The monoisotopic (exact) mass is 350 g/mol. The Balaban J connectivity index is 0.00000144. The minimum atomic E-state index is 0. The Bertz CT molecular complexity index is 463. The van der Waals surface area contributed by atoms with Gasteiger partial charge in [-0.25, -0.2) is 4.58 Å². The second-order valence-electron chi connectivity index (χ2n) is 4.94. The van der Waals surface area contributed by atoms with Gasteiger partial charge in [-0.05, 0) is 0 Å². The van der Waals surface area contributed by atoms with Crippen molar-refractivity contribution in [1.29, 1.82) is 0 Å². The minimum Gasteiger partial charge on any atom is -0.222 e. The SMILES string of the molecule is CCC[N+]1=C(C)C(C)(C)c2c[c-]c(I)cc21.[Na+]. The number of fused-ring (bicyclic) bond motifs is 1. The average molecular weight is 350 g/mol. The summed E-state index contributed by atoms with van der Waals surface area (Å²) in [6.45, 7) is 10.2. The summed E-state index contributed by atoms with van der Waals surface area (Å²) in [6, 6.07) is 7.73. The maximum Gasteiger partial charge on any atom is 1.00 e. The molecule has 0 unspecified atom stereocenters. The normalized spacial score (nSPS) is 16.8. The fourth-order valence-electron chi connectivity index (χ4n) is 2.40. The van der Waals surface area contributed by atoms with Crippen molar-refractivity contribution in [3.05, 3.63) is 27.3 Å². The molecule has 1 aromatic rings. The van der Waals surface area contributed by atoms with E-state index in [0.29, 0.717) is 0 Å². The molecule has 1 heterocycles. The molecular formula is C14H18INNa+. The topological polar surface area (TPSA) is 3.01 Å². The first kappa shape index (κ1) is 15.7. The maximum absolute atomic E-state index is 3.32. The molecular weight excluding hydrogens is 332 g/mol. The minimum absolute atomic E-state index is 0. The zero-order valence-corrected chi connectivity index (χ0v) is 15.6. The van der Waals surface area contributed by atoms with Crippen LogP contribution in [0.3, 0.4) is 0 Å². The van der Waals surface area contributed by atoms with Gasteiger partial charge in [-0.15, -0.1) is 0 Å². The first-order valence-electron chi connectivity index (χ1n) is 5.81. The van der Waals surface area contributed by atoms with E-state index in [1.54, 1.807) is 0 Å². The van der Waals surface area contributed by atoms with Gasteiger partial charge in [0.05, 0.1) is 0 Å². The van der Waals surface area contributed by atoms with Gasteiger partial charge in [-0.2, -0.15) is 12.1 Å². The molecule has 17 heavy (non-hydrogen) atoms. The fraction of sp³-hybridized carbons (Fsp3) is 0.500. The van der Waals surface area contributed by atoms with Crippen molar-refractivity contribution in [3.63, 3.8) is 0 Å². The number of rotatable bonds is 2. The molecule has 0 aliphatic carbocycles. The predicted octanol–water partition coefficient (Wildman–Crippen LogP) is 0.901. The third-order valence-corrected chi connectivity index (χ3v) is 4.24. The van der Waals surface area contributed by atoms with Crippen molar-refractivity contribution in [2.24, 2.45) is 0 Å². The van der Waals surface area contributed by atoms with Crippen LogP contribution in [0.1, 0.15) is 39.7 Å². The summed E-state index contributed by atoms with van der Waals surface area (Å²) in [6.07, 6.45) is 1.18. The molecule has 0 saturated carbocycles. The molecule has 0 spiro atoms. The van der Waals surface area contributed by atoms with Crippen LogP contribution >= 0.6 is 22.6 Å². The van der Waals surface area contributed by atoms with E-state index in [-0.39, 0.29) is 35.0 Å². The summed E-state index contributed by atoms with van der Waals surface area (Å²) >= 11 is 2.34. The molecule has 0 radical (unpaired) electrons. The van der Waals surface area contributed by atoms with E-state index in [9.17, 15) is 0 Å². The number of hydrogen-bond acceptors (Lipinski definition) is 0. The summed E-state index contributed by atoms with van der Waals surface area (Å²) < 4.78 is 3.66. The molecule has 0 aromatic heterocycles. The van der Waals surface area contributed by atoms with Crippen molar-refractivity contribution >= 4 is 34.0 Å². The zero-order chi connectivity index (χ0) is 11.9. The van der Waals surface area contributed by atoms with Gasteiger partial charge in [0.25, 0.3) is 0 Å². The van der Waals surface area contributed by atoms with Crippen LogP contribution in [0.25, 0.3) is 0 Å². The van der Waals surface area contributed by atoms with Crippen LogP contribution in [0.2, 0.25) is 0 Å². The first-order valence-corrected chi connectivity index (χ1v) is 6.89. The average Bonchev–Trinajstić information content (AvgIpc) is 2.40.